The van der Waals surface area contributed by atoms with E-state index in [1.165, 1.54) is 0 Å². The smallest absolute Gasteiger partial charge is 0.272 e. The largest absolute Gasteiger partial charge is 0.357 e. The fourth-order valence-corrected chi connectivity index (χ4v) is 1.59. The van der Waals surface area contributed by atoms with E-state index < -0.39 is 0 Å². The quantitative estimate of drug-likeness (QED) is 0.766. The van der Waals surface area contributed by atoms with Crippen LogP contribution in [-0.2, 0) is 0 Å². The number of anilines is 1. The monoisotopic (exact) mass is 243 g/mol. The molecule has 0 saturated carbocycles. The molecular formula is C13H13N3O2. The molecule has 0 bridgehead atoms. The van der Waals surface area contributed by atoms with Crippen molar-refractivity contribution >= 4 is 17.5 Å². The maximum atomic E-state index is 11.9. The number of nitrogens with one attached hydrogen (secondary N) is 3. The van der Waals surface area contributed by atoms with E-state index in [1.54, 1.807) is 49.6 Å². The van der Waals surface area contributed by atoms with Gasteiger partial charge in [0.25, 0.3) is 11.8 Å². The summed E-state index contributed by atoms with van der Waals surface area (Å²) in [5.74, 6) is -0.520. The van der Waals surface area contributed by atoms with Crippen LogP contribution in [0.4, 0.5) is 5.69 Å². The third kappa shape index (κ3) is 2.40. The summed E-state index contributed by atoms with van der Waals surface area (Å²) in [7, 11) is 1.55. The number of H-pyrrole nitrogens is 1. The molecule has 5 nitrogen and oxygen atoms in total. The van der Waals surface area contributed by atoms with Crippen LogP contribution in [0.1, 0.15) is 20.8 Å². The van der Waals surface area contributed by atoms with Gasteiger partial charge in [-0.1, -0.05) is 12.1 Å². The summed E-state index contributed by atoms with van der Waals surface area (Å²) in [5, 5.41) is 5.23. The molecule has 0 aliphatic rings. The minimum Gasteiger partial charge on any atom is -0.357 e. The molecule has 0 fully saturated rings. The van der Waals surface area contributed by atoms with Gasteiger partial charge in [-0.3, -0.25) is 9.59 Å². The number of hydrogen-bond donors (Lipinski definition) is 3. The molecule has 0 spiro atoms. The van der Waals surface area contributed by atoms with Gasteiger partial charge in [0.1, 0.15) is 5.69 Å². The van der Waals surface area contributed by atoms with Crippen LogP contribution in [0.15, 0.2) is 42.6 Å². The van der Waals surface area contributed by atoms with Crippen LogP contribution >= 0.6 is 0 Å². The van der Waals surface area contributed by atoms with Crippen molar-refractivity contribution in [1.29, 1.82) is 0 Å². The number of para-hydroxylation sites is 1. The highest BCUT2D eigenvalue weighted by molar-refractivity contribution is 6.08. The molecule has 18 heavy (non-hydrogen) atoms. The molecule has 0 radical (unpaired) electrons. The molecule has 0 aliphatic heterocycles. The maximum absolute atomic E-state index is 11.9. The van der Waals surface area contributed by atoms with E-state index in [-0.39, 0.29) is 11.8 Å². The third-order valence-electron chi connectivity index (χ3n) is 2.49. The Balaban J connectivity index is 2.24. The Morgan fingerprint density at radius 3 is 2.50 bits per heavy atom. The van der Waals surface area contributed by atoms with E-state index in [1.807, 2.05) is 0 Å². The lowest BCUT2D eigenvalue weighted by Gasteiger charge is -2.09. The second-order valence-electron chi connectivity index (χ2n) is 3.66. The van der Waals surface area contributed by atoms with Crippen LogP contribution in [0.3, 0.4) is 0 Å². The van der Waals surface area contributed by atoms with Crippen molar-refractivity contribution in [2.75, 3.05) is 12.4 Å². The lowest BCUT2D eigenvalue weighted by atomic mass is 10.1. The number of aromatic amines is 1. The lowest BCUT2D eigenvalue weighted by Crippen LogP contribution is -2.21. The van der Waals surface area contributed by atoms with Crippen LogP contribution in [0.25, 0.3) is 0 Å². The van der Waals surface area contributed by atoms with Gasteiger partial charge in [-0.05, 0) is 24.3 Å². The third-order valence-corrected chi connectivity index (χ3v) is 2.49. The summed E-state index contributed by atoms with van der Waals surface area (Å²) in [6.07, 6.45) is 1.67. The summed E-state index contributed by atoms with van der Waals surface area (Å²) >= 11 is 0. The van der Waals surface area contributed by atoms with E-state index in [2.05, 4.69) is 15.6 Å². The topological polar surface area (TPSA) is 74.0 Å². The molecule has 2 rings (SSSR count). The van der Waals surface area contributed by atoms with Gasteiger partial charge in [0.2, 0.25) is 0 Å². The molecule has 5 heteroatoms. The van der Waals surface area contributed by atoms with Gasteiger partial charge in [0.15, 0.2) is 0 Å². The van der Waals surface area contributed by atoms with Crippen molar-refractivity contribution in [3.05, 3.63) is 53.9 Å². The van der Waals surface area contributed by atoms with Crippen molar-refractivity contribution in [2.45, 2.75) is 0 Å². The van der Waals surface area contributed by atoms with Gasteiger partial charge >= 0.3 is 0 Å². The van der Waals surface area contributed by atoms with Gasteiger partial charge in [-0.15, -0.1) is 0 Å². The van der Waals surface area contributed by atoms with Gasteiger partial charge in [-0.25, -0.2) is 0 Å². The fraction of sp³-hybridized carbons (Fsp3) is 0.0769. The van der Waals surface area contributed by atoms with E-state index >= 15 is 0 Å². The van der Waals surface area contributed by atoms with Crippen LogP contribution < -0.4 is 10.6 Å². The number of aromatic nitrogens is 1. The zero-order chi connectivity index (χ0) is 13.0. The molecule has 3 N–H and O–H groups in total. The van der Waals surface area contributed by atoms with Crippen LogP contribution in [-0.4, -0.2) is 23.8 Å². The Labute approximate surface area is 104 Å². The normalized spacial score (nSPS) is 9.83. The Hall–Kier alpha value is -2.56. The number of amides is 2. The van der Waals surface area contributed by atoms with Crippen molar-refractivity contribution in [2.24, 2.45) is 0 Å². The van der Waals surface area contributed by atoms with E-state index in [0.29, 0.717) is 16.9 Å². The highest BCUT2D eigenvalue weighted by Crippen LogP contribution is 2.15. The maximum Gasteiger partial charge on any atom is 0.272 e. The minimum absolute atomic E-state index is 0.239. The number of benzene rings is 1. The first-order valence-electron chi connectivity index (χ1n) is 5.48. The Bertz CT molecular complexity index is 561. The van der Waals surface area contributed by atoms with Gasteiger partial charge in [-0.2, -0.15) is 0 Å². The first-order chi connectivity index (χ1) is 8.72. The van der Waals surface area contributed by atoms with Gasteiger partial charge in [0.05, 0.1) is 11.3 Å². The van der Waals surface area contributed by atoms with Crippen molar-refractivity contribution in [3.8, 4) is 0 Å². The molecule has 2 amide bonds. The summed E-state index contributed by atoms with van der Waals surface area (Å²) < 4.78 is 0. The highest BCUT2D eigenvalue weighted by atomic mass is 16.2. The lowest BCUT2D eigenvalue weighted by molar-refractivity contribution is 0.0964. The molecule has 92 valence electrons. The Morgan fingerprint density at radius 1 is 1.06 bits per heavy atom. The second-order valence-corrected chi connectivity index (χ2v) is 3.66. The number of carbonyl (C=O) groups is 2. The zero-order valence-electron chi connectivity index (χ0n) is 9.86. The molecule has 0 aliphatic carbocycles. The Morgan fingerprint density at radius 2 is 1.83 bits per heavy atom. The predicted octanol–water partition coefficient (Wildman–Crippen LogP) is 1.63. The summed E-state index contributed by atoms with van der Waals surface area (Å²) in [4.78, 5) is 26.3. The number of carbonyl (C=O) groups excluding carboxylic acids is 2. The fourth-order valence-electron chi connectivity index (χ4n) is 1.59. The van der Waals surface area contributed by atoms with Gasteiger partial charge in [0, 0.05) is 13.2 Å². The highest BCUT2D eigenvalue weighted by Gasteiger charge is 2.12. The molecule has 0 atom stereocenters. The molecule has 1 aromatic carbocycles. The average molecular weight is 243 g/mol. The van der Waals surface area contributed by atoms with E-state index in [0.717, 1.165) is 0 Å². The summed E-state index contributed by atoms with van der Waals surface area (Å²) in [5.41, 5.74) is 1.36. The average Bonchev–Trinajstić information content (AvgIpc) is 2.92. The first-order valence-corrected chi connectivity index (χ1v) is 5.48. The second kappa shape index (κ2) is 5.18. The van der Waals surface area contributed by atoms with E-state index in [9.17, 15) is 9.59 Å². The molecule has 2 aromatic rings. The standard InChI is InChI=1S/C13H13N3O2/c1-14-12(17)9-5-2-3-6-10(9)16-13(18)11-7-4-8-15-11/h2-8,15H,1H3,(H,14,17)(H,16,18). The number of hydrogen-bond acceptors (Lipinski definition) is 2. The zero-order valence-corrected chi connectivity index (χ0v) is 9.86. The van der Waals surface area contributed by atoms with Gasteiger partial charge < -0.3 is 15.6 Å². The predicted molar refractivity (Wildman–Crippen MR) is 68.6 cm³/mol. The molecule has 0 saturated heterocycles. The van der Waals surface area contributed by atoms with Crippen molar-refractivity contribution in [3.63, 3.8) is 0 Å². The van der Waals surface area contributed by atoms with Crippen LogP contribution in [0, 0.1) is 0 Å². The van der Waals surface area contributed by atoms with Crippen molar-refractivity contribution in [1.82, 2.24) is 10.3 Å². The van der Waals surface area contributed by atoms with Crippen LogP contribution in [0.2, 0.25) is 0 Å². The van der Waals surface area contributed by atoms with E-state index in [4.69, 9.17) is 0 Å². The SMILES string of the molecule is CNC(=O)c1ccccc1NC(=O)c1ccc[nH]1. The molecular weight excluding hydrogens is 230 g/mol. The minimum atomic E-state index is -0.281. The molecule has 0 unspecified atom stereocenters. The number of rotatable bonds is 3. The van der Waals surface area contributed by atoms with Crippen LogP contribution in [0.5, 0.6) is 0 Å². The molecule has 1 heterocycles. The summed E-state index contributed by atoms with van der Waals surface area (Å²) in [6.45, 7) is 0. The summed E-state index contributed by atoms with van der Waals surface area (Å²) in [6, 6.07) is 10.2. The molecule has 1 aromatic heterocycles. The first kappa shape index (κ1) is 11.9. The van der Waals surface area contributed by atoms with Crippen molar-refractivity contribution < 1.29 is 9.59 Å². The Kier molecular flexibility index (Phi) is 3.43.